The Hall–Kier alpha value is -0.650. The molecule has 0 rings (SSSR count). The van der Waals surface area contributed by atoms with Crippen molar-refractivity contribution in [2.75, 3.05) is 6.61 Å². The number of carbonyl (C=O) groups is 1. The van der Waals surface area contributed by atoms with E-state index in [2.05, 4.69) is 19.2 Å². The van der Waals surface area contributed by atoms with Gasteiger partial charge in [0, 0.05) is 0 Å². The first-order chi connectivity index (χ1) is 17.6. The highest BCUT2D eigenvalue weighted by molar-refractivity contribution is 5.80. The second kappa shape index (κ2) is 27.4. The second-order valence-electron chi connectivity index (χ2n) is 11.0. The lowest BCUT2D eigenvalue weighted by Crippen LogP contribution is -2.49. The van der Waals surface area contributed by atoms with Crippen LogP contribution >= 0.6 is 0 Å². The molecule has 3 atom stereocenters. The third-order valence-electron chi connectivity index (χ3n) is 7.48. The largest absolute Gasteiger partial charge is 0.394 e. The summed E-state index contributed by atoms with van der Waals surface area (Å²) in [7, 11) is 0. The predicted molar refractivity (Wildman–Crippen MR) is 153 cm³/mol. The highest BCUT2D eigenvalue weighted by Gasteiger charge is 2.23. The summed E-state index contributed by atoms with van der Waals surface area (Å²) in [5, 5.41) is 32.9. The molecule has 0 aromatic carbocycles. The van der Waals surface area contributed by atoms with Crippen molar-refractivity contribution in [3.63, 3.8) is 0 Å². The van der Waals surface area contributed by atoms with E-state index in [1.54, 1.807) is 0 Å². The van der Waals surface area contributed by atoms with Crippen molar-refractivity contribution in [2.45, 2.75) is 186 Å². The van der Waals surface area contributed by atoms with Crippen LogP contribution in [0.1, 0.15) is 168 Å². The van der Waals surface area contributed by atoms with Crippen molar-refractivity contribution < 1.29 is 20.1 Å². The van der Waals surface area contributed by atoms with Crippen LogP contribution in [0.15, 0.2) is 0 Å². The quantitative estimate of drug-likeness (QED) is 0.0811. The van der Waals surface area contributed by atoms with Gasteiger partial charge in [-0.25, -0.2) is 0 Å². The minimum absolute atomic E-state index is 0.309. The third kappa shape index (κ3) is 22.5. The summed E-state index contributed by atoms with van der Waals surface area (Å²) >= 11 is 0. The minimum Gasteiger partial charge on any atom is -0.394 e. The summed E-state index contributed by atoms with van der Waals surface area (Å²) in [6.07, 6.45) is 26.5. The summed E-state index contributed by atoms with van der Waals surface area (Å²) in [5.41, 5.74) is 0. The van der Waals surface area contributed by atoms with Crippen LogP contribution in [0.25, 0.3) is 0 Å². The molecule has 0 aromatic rings. The van der Waals surface area contributed by atoms with Crippen LogP contribution < -0.4 is 5.32 Å². The van der Waals surface area contributed by atoms with Crippen molar-refractivity contribution >= 4 is 5.91 Å². The van der Waals surface area contributed by atoms with Gasteiger partial charge in [-0.15, -0.1) is 0 Å². The summed E-state index contributed by atoms with van der Waals surface area (Å²) in [4.78, 5) is 12.3. The first-order valence-corrected chi connectivity index (χ1v) is 15.8. The average Bonchev–Trinajstić information content (AvgIpc) is 2.88. The zero-order valence-electron chi connectivity index (χ0n) is 24.2. The molecule has 1 amide bonds. The number of nitrogens with one attached hydrogen (secondary N) is 1. The van der Waals surface area contributed by atoms with E-state index in [1.165, 1.54) is 109 Å². The van der Waals surface area contributed by atoms with Crippen LogP contribution in [0.3, 0.4) is 0 Å². The molecule has 0 saturated carbocycles. The van der Waals surface area contributed by atoms with Crippen molar-refractivity contribution in [3.05, 3.63) is 0 Å². The molecule has 36 heavy (non-hydrogen) atoms. The lowest BCUT2D eigenvalue weighted by molar-refractivity contribution is -0.131. The Labute approximate surface area is 224 Å². The zero-order chi connectivity index (χ0) is 26.7. The summed E-state index contributed by atoms with van der Waals surface area (Å²) in [5.74, 6) is -0.473. The number of hydrogen-bond donors (Lipinski definition) is 4. The van der Waals surface area contributed by atoms with Gasteiger partial charge in [-0.1, -0.05) is 155 Å². The van der Waals surface area contributed by atoms with Crippen LogP contribution in [0.2, 0.25) is 0 Å². The van der Waals surface area contributed by atoms with Crippen LogP contribution in [0, 0.1) is 0 Å². The first kappa shape index (κ1) is 35.4. The SMILES string of the molecule is CCCCCCCCCCCCCC(O)C(=O)NC(CO)C(O)CCCCCCCCCCCCC. The Morgan fingerprint density at radius 2 is 0.889 bits per heavy atom. The lowest BCUT2D eigenvalue weighted by atomic mass is 10.0. The van der Waals surface area contributed by atoms with Gasteiger partial charge in [-0.05, 0) is 12.8 Å². The maximum Gasteiger partial charge on any atom is 0.249 e. The molecule has 0 aliphatic heterocycles. The highest BCUT2D eigenvalue weighted by Crippen LogP contribution is 2.15. The van der Waals surface area contributed by atoms with Gasteiger partial charge in [0.15, 0.2) is 0 Å². The van der Waals surface area contributed by atoms with Gasteiger partial charge in [0.2, 0.25) is 5.91 Å². The summed E-state index contributed by atoms with van der Waals surface area (Å²) in [6.45, 7) is 4.18. The monoisotopic (exact) mass is 513 g/mol. The molecule has 0 spiro atoms. The van der Waals surface area contributed by atoms with Crippen LogP contribution in [-0.4, -0.2) is 46.1 Å². The van der Waals surface area contributed by atoms with E-state index in [1.807, 2.05) is 0 Å². The molecule has 0 aliphatic rings. The van der Waals surface area contributed by atoms with Crippen molar-refractivity contribution in [2.24, 2.45) is 0 Å². The topological polar surface area (TPSA) is 89.8 Å². The van der Waals surface area contributed by atoms with Crippen LogP contribution in [-0.2, 0) is 4.79 Å². The maximum absolute atomic E-state index is 12.3. The van der Waals surface area contributed by atoms with Gasteiger partial charge in [-0.3, -0.25) is 4.79 Å². The fraction of sp³-hybridized carbons (Fsp3) is 0.968. The zero-order valence-corrected chi connectivity index (χ0v) is 24.2. The van der Waals surface area contributed by atoms with E-state index in [9.17, 15) is 20.1 Å². The van der Waals surface area contributed by atoms with Crippen LogP contribution in [0.5, 0.6) is 0 Å². The first-order valence-electron chi connectivity index (χ1n) is 15.8. The van der Waals surface area contributed by atoms with Gasteiger partial charge in [0.05, 0.1) is 18.8 Å². The van der Waals surface area contributed by atoms with E-state index in [0.29, 0.717) is 12.8 Å². The number of rotatable bonds is 28. The smallest absolute Gasteiger partial charge is 0.249 e. The third-order valence-corrected chi connectivity index (χ3v) is 7.48. The molecule has 0 saturated heterocycles. The molecule has 5 nitrogen and oxygen atoms in total. The number of hydrogen-bond acceptors (Lipinski definition) is 4. The van der Waals surface area contributed by atoms with Gasteiger partial charge in [0.1, 0.15) is 6.10 Å². The number of carbonyl (C=O) groups excluding carboxylic acids is 1. The molecular weight excluding hydrogens is 450 g/mol. The number of aliphatic hydroxyl groups is 3. The van der Waals surface area contributed by atoms with Gasteiger partial charge >= 0.3 is 0 Å². The fourth-order valence-corrected chi connectivity index (χ4v) is 4.89. The number of amides is 1. The normalized spacial score (nSPS) is 14.0. The van der Waals surface area contributed by atoms with Crippen LogP contribution in [0.4, 0.5) is 0 Å². The van der Waals surface area contributed by atoms with Gasteiger partial charge in [-0.2, -0.15) is 0 Å². The van der Waals surface area contributed by atoms with E-state index in [-0.39, 0.29) is 6.61 Å². The minimum atomic E-state index is -1.06. The Balaban J connectivity index is 3.73. The fourth-order valence-electron chi connectivity index (χ4n) is 4.89. The number of unbranched alkanes of at least 4 members (excludes halogenated alkanes) is 20. The van der Waals surface area contributed by atoms with Gasteiger partial charge in [0.25, 0.3) is 0 Å². The van der Waals surface area contributed by atoms with Crippen molar-refractivity contribution in [1.29, 1.82) is 0 Å². The standard InChI is InChI=1S/C31H63NO4/c1-3-5-7-9-11-13-15-17-19-21-23-25-29(34)28(27-33)32-31(36)30(35)26-24-22-20-18-16-14-12-10-8-6-4-2/h28-30,33-35H,3-27H2,1-2H3,(H,32,36). The van der Waals surface area contributed by atoms with E-state index in [4.69, 9.17) is 0 Å². The summed E-state index contributed by atoms with van der Waals surface area (Å²) < 4.78 is 0. The molecule has 4 N–H and O–H groups in total. The molecule has 5 heteroatoms. The van der Waals surface area contributed by atoms with Gasteiger partial charge < -0.3 is 20.6 Å². The Morgan fingerprint density at radius 1 is 0.556 bits per heavy atom. The Bertz CT molecular complexity index is 460. The van der Waals surface area contributed by atoms with E-state index in [0.717, 1.165) is 32.1 Å². The Morgan fingerprint density at radius 3 is 1.25 bits per heavy atom. The molecular formula is C31H63NO4. The molecule has 216 valence electrons. The molecule has 0 fully saturated rings. The lowest BCUT2D eigenvalue weighted by Gasteiger charge is -2.23. The van der Waals surface area contributed by atoms with E-state index >= 15 is 0 Å². The summed E-state index contributed by atoms with van der Waals surface area (Å²) in [6, 6.07) is -0.701. The highest BCUT2D eigenvalue weighted by atomic mass is 16.3. The molecule has 3 unspecified atom stereocenters. The second-order valence-corrected chi connectivity index (χ2v) is 11.0. The van der Waals surface area contributed by atoms with Crippen molar-refractivity contribution in [3.8, 4) is 0 Å². The Kier molecular flexibility index (Phi) is 26.9. The predicted octanol–water partition coefficient (Wildman–Crippen LogP) is 7.59. The maximum atomic E-state index is 12.3. The number of aliphatic hydroxyl groups excluding tert-OH is 3. The molecule has 0 aliphatic carbocycles. The van der Waals surface area contributed by atoms with E-state index < -0.39 is 24.2 Å². The molecule has 0 bridgehead atoms. The average molecular weight is 514 g/mol. The van der Waals surface area contributed by atoms with Crippen molar-refractivity contribution in [1.82, 2.24) is 5.32 Å². The molecule has 0 radical (unpaired) electrons. The molecule has 0 heterocycles. The molecule has 0 aromatic heterocycles.